The van der Waals surface area contributed by atoms with E-state index in [9.17, 15) is 14.4 Å². The summed E-state index contributed by atoms with van der Waals surface area (Å²) in [7, 11) is 0. The van der Waals surface area contributed by atoms with Gasteiger partial charge in [-0.3, -0.25) is 9.36 Å². The Labute approximate surface area is 108 Å². The molecule has 6 heteroatoms. The summed E-state index contributed by atoms with van der Waals surface area (Å²) in [5.41, 5.74) is -0.722. The Morgan fingerprint density at radius 3 is 2.47 bits per heavy atom. The second-order valence-corrected chi connectivity index (χ2v) is 4.02. The Hall–Kier alpha value is -2.63. The molecule has 0 atom stereocenters. The molecule has 98 valence electrons. The molecule has 1 aromatic carbocycles. The smallest absolute Gasteiger partial charge is 0.352 e. The quantitative estimate of drug-likeness (QED) is 0.836. The van der Waals surface area contributed by atoms with Crippen molar-refractivity contribution in [3.05, 3.63) is 68.5 Å². The summed E-state index contributed by atoms with van der Waals surface area (Å²) >= 11 is 0. The highest BCUT2D eigenvalue weighted by molar-refractivity contribution is 5.84. The number of nitrogens with one attached hydrogen (secondary N) is 1. The lowest BCUT2D eigenvalue weighted by Crippen LogP contribution is -2.36. The normalized spacial score (nSPS) is 10.3. The number of rotatable bonds is 4. The average molecular weight is 260 g/mol. The second-order valence-electron chi connectivity index (χ2n) is 4.02. The summed E-state index contributed by atoms with van der Waals surface area (Å²) in [5, 5.41) is 8.71. The molecular weight excluding hydrogens is 248 g/mol. The van der Waals surface area contributed by atoms with Gasteiger partial charge >= 0.3 is 11.7 Å². The van der Waals surface area contributed by atoms with Crippen LogP contribution in [0.5, 0.6) is 0 Å². The van der Waals surface area contributed by atoms with Crippen molar-refractivity contribution < 1.29 is 9.90 Å². The van der Waals surface area contributed by atoms with Crippen molar-refractivity contribution in [3.8, 4) is 0 Å². The first-order valence-corrected chi connectivity index (χ1v) is 5.69. The molecule has 0 saturated heterocycles. The first-order chi connectivity index (χ1) is 9.08. The lowest BCUT2D eigenvalue weighted by Gasteiger charge is -2.05. The highest BCUT2D eigenvalue weighted by atomic mass is 16.4. The van der Waals surface area contributed by atoms with E-state index in [0.29, 0.717) is 6.42 Å². The number of H-pyrrole nitrogens is 1. The number of benzene rings is 1. The van der Waals surface area contributed by atoms with E-state index in [-0.39, 0.29) is 6.54 Å². The zero-order valence-electron chi connectivity index (χ0n) is 10.00. The summed E-state index contributed by atoms with van der Waals surface area (Å²) in [4.78, 5) is 36.1. The summed E-state index contributed by atoms with van der Waals surface area (Å²) in [5.74, 6) is -1.33. The van der Waals surface area contributed by atoms with Crippen LogP contribution in [-0.4, -0.2) is 20.6 Å². The van der Waals surface area contributed by atoms with Crippen LogP contribution in [0.1, 0.15) is 16.1 Å². The van der Waals surface area contributed by atoms with Gasteiger partial charge in [0.2, 0.25) is 0 Å². The fraction of sp³-hybridized carbons (Fsp3) is 0.154. The van der Waals surface area contributed by atoms with Crippen molar-refractivity contribution in [1.82, 2.24) is 9.55 Å². The van der Waals surface area contributed by atoms with Crippen molar-refractivity contribution in [1.29, 1.82) is 0 Å². The Morgan fingerprint density at radius 2 is 1.89 bits per heavy atom. The molecule has 2 rings (SSSR count). The van der Waals surface area contributed by atoms with Crippen molar-refractivity contribution >= 4 is 5.97 Å². The molecule has 0 saturated carbocycles. The van der Waals surface area contributed by atoms with Gasteiger partial charge in [0.15, 0.2) is 0 Å². The number of hydrogen-bond acceptors (Lipinski definition) is 3. The minimum absolute atomic E-state index is 0.206. The molecule has 0 unspecified atom stereocenters. The standard InChI is InChI=1S/C13H12N2O4/c16-11-8-10(12(17)18)14-13(19)15(11)7-6-9-4-2-1-3-5-9/h1-5,8H,6-7H2,(H,14,19)(H,17,18). The molecular formula is C13H12N2O4. The van der Waals surface area contributed by atoms with Gasteiger partial charge < -0.3 is 10.1 Å². The van der Waals surface area contributed by atoms with Crippen LogP contribution < -0.4 is 11.2 Å². The largest absolute Gasteiger partial charge is 0.477 e. The van der Waals surface area contributed by atoms with Crippen molar-refractivity contribution in [2.45, 2.75) is 13.0 Å². The van der Waals surface area contributed by atoms with E-state index < -0.39 is 22.9 Å². The van der Waals surface area contributed by atoms with Crippen LogP contribution in [-0.2, 0) is 13.0 Å². The molecule has 2 aromatic rings. The fourth-order valence-electron chi connectivity index (χ4n) is 1.73. The molecule has 1 aromatic heterocycles. The van der Waals surface area contributed by atoms with Gasteiger partial charge in [-0.2, -0.15) is 0 Å². The van der Waals surface area contributed by atoms with Crippen molar-refractivity contribution in [3.63, 3.8) is 0 Å². The van der Waals surface area contributed by atoms with Gasteiger partial charge in [-0.25, -0.2) is 9.59 Å². The summed E-state index contributed by atoms with van der Waals surface area (Å²) in [6.07, 6.45) is 0.524. The first kappa shape index (κ1) is 12.8. The number of aromatic carboxylic acids is 1. The lowest BCUT2D eigenvalue weighted by molar-refractivity contribution is 0.0689. The molecule has 0 radical (unpaired) electrons. The first-order valence-electron chi connectivity index (χ1n) is 5.69. The van der Waals surface area contributed by atoms with Crippen LogP contribution in [0.3, 0.4) is 0 Å². The highest BCUT2D eigenvalue weighted by Gasteiger charge is 2.09. The minimum Gasteiger partial charge on any atom is -0.477 e. The Balaban J connectivity index is 2.25. The third-order valence-corrected chi connectivity index (χ3v) is 2.72. The number of carboxylic acid groups (broad SMARTS) is 1. The Bertz CT molecular complexity index is 669. The Morgan fingerprint density at radius 1 is 1.21 bits per heavy atom. The zero-order valence-corrected chi connectivity index (χ0v) is 10.00. The van der Waals surface area contributed by atoms with E-state index in [4.69, 9.17) is 5.11 Å². The molecule has 1 heterocycles. The maximum absolute atomic E-state index is 11.7. The number of hydrogen-bond donors (Lipinski definition) is 2. The summed E-state index contributed by atoms with van der Waals surface area (Å²) in [6.45, 7) is 0.206. The van der Waals surface area contributed by atoms with E-state index in [0.717, 1.165) is 16.2 Å². The number of carbonyl (C=O) groups is 1. The lowest BCUT2D eigenvalue weighted by atomic mass is 10.1. The number of aromatic amines is 1. The van der Waals surface area contributed by atoms with Gasteiger partial charge in [0.05, 0.1) is 0 Å². The molecule has 0 aliphatic carbocycles. The number of aromatic nitrogens is 2. The third kappa shape index (κ3) is 2.98. The topological polar surface area (TPSA) is 92.2 Å². The molecule has 19 heavy (non-hydrogen) atoms. The van der Waals surface area contributed by atoms with Crippen LogP contribution in [0.2, 0.25) is 0 Å². The average Bonchev–Trinajstić information content (AvgIpc) is 2.38. The number of nitrogens with zero attached hydrogens (tertiary/aromatic N) is 1. The van der Waals surface area contributed by atoms with Gasteiger partial charge in [0.1, 0.15) is 5.69 Å². The zero-order chi connectivity index (χ0) is 13.8. The van der Waals surface area contributed by atoms with Crippen LogP contribution in [0.25, 0.3) is 0 Å². The van der Waals surface area contributed by atoms with Gasteiger partial charge in [0, 0.05) is 12.6 Å². The molecule has 0 bridgehead atoms. The van der Waals surface area contributed by atoms with Crippen LogP contribution >= 0.6 is 0 Å². The predicted molar refractivity (Wildman–Crippen MR) is 68.4 cm³/mol. The van der Waals surface area contributed by atoms with Gasteiger partial charge in [-0.15, -0.1) is 0 Å². The van der Waals surface area contributed by atoms with E-state index in [1.54, 1.807) is 0 Å². The van der Waals surface area contributed by atoms with Crippen LogP contribution in [0, 0.1) is 0 Å². The summed E-state index contributed by atoms with van der Waals surface area (Å²) < 4.78 is 0.986. The van der Waals surface area contributed by atoms with Crippen LogP contribution in [0.4, 0.5) is 0 Å². The van der Waals surface area contributed by atoms with E-state index in [1.807, 2.05) is 30.3 Å². The van der Waals surface area contributed by atoms with E-state index in [2.05, 4.69) is 4.98 Å². The van der Waals surface area contributed by atoms with Gasteiger partial charge in [-0.05, 0) is 12.0 Å². The molecule has 0 aliphatic rings. The monoisotopic (exact) mass is 260 g/mol. The van der Waals surface area contributed by atoms with E-state index in [1.165, 1.54) is 0 Å². The van der Waals surface area contributed by atoms with Gasteiger partial charge in [-0.1, -0.05) is 30.3 Å². The fourth-order valence-corrected chi connectivity index (χ4v) is 1.73. The SMILES string of the molecule is O=C(O)c1cc(=O)n(CCc2ccccc2)c(=O)[nH]1. The Kier molecular flexibility index (Phi) is 3.61. The van der Waals surface area contributed by atoms with Gasteiger partial charge in [0.25, 0.3) is 5.56 Å². The van der Waals surface area contributed by atoms with Crippen molar-refractivity contribution in [2.24, 2.45) is 0 Å². The number of aryl methyl sites for hydroxylation is 1. The third-order valence-electron chi connectivity index (χ3n) is 2.72. The van der Waals surface area contributed by atoms with Crippen LogP contribution in [0.15, 0.2) is 46.0 Å². The maximum Gasteiger partial charge on any atom is 0.352 e. The minimum atomic E-state index is -1.33. The predicted octanol–water partition coefficient (Wildman–Crippen LogP) is 0.477. The molecule has 0 spiro atoms. The molecule has 2 N–H and O–H groups in total. The second kappa shape index (κ2) is 5.34. The molecule has 0 aliphatic heterocycles. The van der Waals surface area contributed by atoms with E-state index >= 15 is 0 Å². The molecule has 0 fully saturated rings. The maximum atomic E-state index is 11.7. The molecule has 0 amide bonds. The van der Waals surface area contributed by atoms with Crippen molar-refractivity contribution in [2.75, 3.05) is 0 Å². The summed E-state index contributed by atoms with van der Waals surface area (Å²) in [6, 6.07) is 10.3. The molecule has 6 nitrogen and oxygen atoms in total. The number of carboxylic acids is 1. The highest BCUT2D eigenvalue weighted by Crippen LogP contribution is 1.99.